The van der Waals surface area contributed by atoms with E-state index >= 15 is 0 Å². The van der Waals surface area contributed by atoms with Gasteiger partial charge in [-0.2, -0.15) is 40.2 Å². The number of aryl methyl sites for hydroxylation is 1. The number of alkyl halides is 8. The molecule has 1 unspecified atom stereocenters. The third kappa shape index (κ3) is 4.91. The Morgan fingerprint density at radius 3 is 2.42 bits per heavy atom. The van der Waals surface area contributed by atoms with Gasteiger partial charge in [-0.15, -0.1) is 0 Å². The number of nitrogens with zero attached hydrogens (tertiary/aromatic N) is 6. The molecule has 206 valence electrons. The summed E-state index contributed by atoms with van der Waals surface area (Å²) in [5.74, 6) is -6.26. The number of carbonyl (C=O) groups is 1. The van der Waals surface area contributed by atoms with Crippen molar-refractivity contribution in [1.29, 1.82) is 0 Å². The Hall–Kier alpha value is -3.70. The average molecular weight is 554 g/mol. The van der Waals surface area contributed by atoms with E-state index in [0.29, 0.717) is 0 Å². The van der Waals surface area contributed by atoms with Crippen molar-refractivity contribution in [3.63, 3.8) is 0 Å². The number of aliphatic hydroxyl groups excluding tert-OH is 1. The van der Waals surface area contributed by atoms with Gasteiger partial charge in [-0.05, 0) is 20.3 Å². The monoisotopic (exact) mass is 554 g/mol. The third-order valence-electron chi connectivity index (χ3n) is 5.83. The van der Waals surface area contributed by atoms with Crippen LogP contribution in [0.5, 0.6) is 0 Å². The van der Waals surface area contributed by atoms with Crippen LogP contribution in [0.4, 0.5) is 46.8 Å². The highest BCUT2D eigenvalue weighted by molar-refractivity contribution is 6.06. The lowest BCUT2D eigenvalue weighted by Crippen LogP contribution is -2.36. The molecule has 3 aromatic rings. The predicted molar refractivity (Wildman–Crippen MR) is 113 cm³/mol. The fraction of sp³-hybridized carbons (Fsp3) is 0.500. The molecule has 0 aliphatic carbocycles. The molecule has 0 aromatic carbocycles. The Morgan fingerprint density at radius 2 is 1.79 bits per heavy atom. The Morgan fingerprint density at radius 1 is 1.11 bits per heavy atom. The van der Waals surface area contributed by atoms with Crippen molar-refractivity contribution in [2.24, 2.45) is 0 Å². The van der Waals surface area contributed by atoms with E-state index in [1.165, 1.54) is 20.0 Å². The molecule has 4 rings (SSSR count). The lowest BCUT2D eigenvalue weighted by molar-refractivity contribution is -0.284. The van der Waals surface area contributed by atoms with Crippen molar-refractivity contribution >= 4 is 23.2 Å². The number of hydrogen-bond acceptors (Lipinski definition) is 8. The first-order chi connectivity index (χ1) is 17.4. The molecule has 1 atom stereocenters. The first kappa shape index (κ1) is 27.3. The maximum atomic E-state index is 13.5. The number of carbonyl (C=O) groups excluding carboxylic acids is 1. The predicted octanol–water partition coefficient (Wildman–Crippen LogP) is 3.28. The Kier molecular flexibility index (Phi) is 6.44. The zero-order valence-corrected chi connectivity index (χ0v) is 19.4. The largest absolute Gasteiger partial charge is 0.453 e. The molecule has 1 amide bonds. The van der Waals surface area contributed by atoms with Crippen LogP contribution in [0.15, 0.2) is 12.5 Å². The van der Waals surface area contributed by atoms with Crippen LogP contribution in [0.1, 0.15) is 31.5 Å². The molecular weight excluding hydrogens is 536 g/mol. The molecule has 4 heterocycles. The Bertz CT molecular complexity index is 1390. The van der Waals surface area contributed by atoms with Crippen molar-refractivity contribution in [1.82, 2.24) is 29.5 Å². The summed E-state index contributed by atoms with van der Waals surface area (Å²) >= 11 is 0. The molecule has 38 heavy (non-hydrogen) atoms. The van der Waals surface area contributed by atoms with Crippen LogP contribution in [-0.4, -0.2) is 71.5 Å². The zero-order valence-electron chi connectivity index (χ0n) is 19.4. The standard InChI is InChI=1S/C20H18F8N8O2/c1-17(2)11-13(29-5-10(37)19(23,24)25)33-12(34-14(11)35-16(17)38)9-6-36-15(30-7-31-36)8(32-9)3-4-18(21,22)20(26,27)28/h6-7,10,37H,3-5H2,1-2H3,(H2,29,33,34,35,38). The second-order valence-electron chi connectivity index (χ2n) is 8.94. The van der Waals surface area contributed by atoms with Gasteiger partial charge in [0.25, 0.3) is 0 Å². The molecule has 0 radical (unpaired) electrons. The maximum Gasteiger partial charge on any atom is 0.453 e. The summed E-state index contributed by atoms with van der Waals surface area (Å²) in [6, 6.07) is 0. The lowest BCUT2D eigenvalue weighted by atomic mass is 9.87. The number of fused-ring (bicyclic) bond motifs is 2. The number of halogens is 8. The fourth-order valence-electron chi connectivity index (χ4n) is 3.66. The minimum Gasteiger partial charge on any atom is -0.382 e. The van der Waals surface area contributed by atoms with Crippen LogP contribution >= 0.6 is 0 Å². The smallest absolute Gasteiger partial charge is 0.382 e. The topological polar surface area (TPSA) is 130 Å². The van der Waals surface area contributed by atoms with Crippen LogP contribution in [0.25, 0.3) is 17.2 Å². The maximum absolute atomic E-state index is 13.5. The van der Waals surface area contributed by atoms with Gasteiger partial charge in [-0.3, -0.25) is 4.79 Å². The van der Waals surface area contributed by atoms with Crippen molar-refractivity contribution in [2.75, 3.05) is 17.2 Å². The molecule has 0 saturated heterocycles. The Labute approximate surface area is 207 Å². The van der Waals surface area contributed by atoms with Crippen LogP contribution in [0.2, 0.25) is 0 Å². The SMILES string of the molecule is CC1(C)C(=O)Nc2nc(-c3cn4ncnc4c(CCC(F)(F)C(F)(F)F)n3)nc(NCC(O)C(F)(F)F)c21. The molecule has 0 fully saturated rings. The van der Waals surface area contributed by atoms with Crippen LogP contribution in [0, 0.1) is 0 Å². The number of rotatable bonds is 7. The third-order valence-corrected chi connectivity index (χ3v) is 5.83. The number of hydrogen-bond donors (Lipinski definition) is 3. The quantitative estimate of drug-likeness (QED) is 0.380. The Balaban J connectivity index is 1.77. The van der Waals surface area contributed by atoms with Gasteiger partial charge in [0.1, 0.15) is 23.7 Å². The number of nitrogens with one attached hydrogen (secondary N) is 2. The molecule has 1 aliphatic heterocycles. The van der Waals surface area contributed by atoms with Crippen molar-refractivity contribution in [3.8, 4) is 11.5 Å². The summed E-state index contributed by atoms with van der Waals surface area (Å²) in [4.78, 5) is 28.6. The number of anilines is 2. The highest BCUT2D eigenvalue weighted by atomic mass is 19.4. The van der Waals surface area contributed by atoms with Gasteiger partial charge in [-0.25, -0.2) is 24.5 Å². The number of aromatic nitrogens is 6. The number of amides is 1. The van der Waals surface area contributed by atoms with E-state index in [1.54, 1.807) is 0 Å². The molecular formula is C20H18F8N8O2. The first-order valence-corrected chi connectivity index (χ1v) is 10.8. The summed E-state index contributed by atoms with van der Waals surface area (Å²) in [5.41, 5.74) is -1.84. The van der Waals surface area contributed by atoms with Crippen molar-refractivity contribution < 1.29 is 45.0 Å². The minimum atomic E-state index is -5.79. The van der Waals surface area contributed by atoms with Crippen molar-refractivity contribution in [3.05, 3.63) is 23.8 Å². The summed E-state index contributed by atoms with van der Waals surface area (Å²) in [6.07, 6.45) is -13.9. The molecule has 0 spiro atoms. The summed E-state index contributed by atoms with van der Waals surface area (Å²) in [7, 11) is 0. The summed E-state index contributed by atoms with van der Waals surface area (Å²) in [6.45, 7) is 1.88. The van der Waals surface area contributed by atoms with E-state index < -0.39 is 55.1 Å². The molecule has 18 heteroatoms. The van der Waals surface area contributed by atoms with E-state index in [-0.39, 0.29) is 40.1 Å². The van der Waals surface area contributed by atoms with Gasteiger partial charge in [0.2, 0.25) is 5.91 Å². The normalized spacial score (nSPS) is 16.4. The lowest BCUT2D eigenvalue weighted by Gasteiger charge is -2.21. The van der Waals surface area contributed by atoms with Gasteiger partial charge in [0.15, 0.2) is 17.6 Å². The van der Waals surface area contributed by atoms with Gasteiger partial charge < -0.3 is 15.7 Å². The first-order valence-electron chi connectivity index (χ1n) is 10.8. The van der Waals surface area contributed by atoms with Crippen molar-refractivity contribution in [2.45, 2.75) is 56.5 Å². The zero-order chi connectivity index (χ0) is 28.3. The molecule has 0 saturated carbocycles. The van der Waals surface area contributed by atoms with E-state index in [0.717, 1.165) is 10.8 Å². The summed E-state index contributed by atoms with van der Waals surface area (Å²) < 4.78 is 105. The van der Waals surface area contributed by atoms with E-state index in [9.17, 15) is 45.0 Å². The molecule has 3 N–H and O–H groups in total. The highest BCUT2D eigenvalue weighted by Crippen LogP contribution is 2.42. The molecule has 1 aliphatic rings. The van der Waals surface area contributed by atoms with E-state index in [4.69, 9.17) is 0 Å². The second-order valence-corrected chi connectivity index (χ2v) is 8.94. The van der Waals surface area contributed by atoms with Crippen LogP contribution < -0.4 is 10.6 Å². The van der Waals surface area contributed by atoms with Crippen LogP contribution in [0.3, 0.4) is 0 Å². The van der Waals surface area contributed by atoms with E-state index in [2.05, 4.69) is 35.7 Å². The van der Waals surface area contributed by atoms with Gasteiger partial charge in [0, 0.05) is 6.42 Å². The molecule has 3 aromatic heterocycles. The van der Waals surface area contributed by atoms with Gasteiger partial charge in [-0.1, -0.05) is 0 Å². The minimum absolute atomic E-state index is 0.0903. The average Bonchev–Trinajstić information content (AvgIpc) is 3.36. The van der Waals surface area contributed by atoms with Gasteiger partial charge >= 0.3 is 18.3 Å². The fourth-order valence-corrected chi connectivity index (χ4v) is 3.66. The molecule has 0 bridgehead atoms. The van der Waals surface area contributed by atoms with E-state index in [1.807, 2.05) is 0 Å². The van der Waals surface area contributed by atoms with Gasteiger partial charge in [0.05, 0.1) is 29.4 Å². The highest BCUT2D eigenvalue weighted by Gasteiger charge is 2.56. The number of aliphatic hydroxyl groups is 1. The molecule has 10 nitrogen and oxygen atoms in total. The summed E-state index contributed by atoms with van der Waals surface area (Å²) in [5, 5.41) is 18.0. The second kappa shape index (κ2) is 8.95. The van der Waals surface area contributed by atoms with Crippen LogP contribution in [-0.2, 0) is 16.6 Å².